The molecule has 0 aliphatic heterocycles. The lowest BCUT2D eigenvalue weighted by Gasteiger charge is -2.12. The molecule has 0 radical (unpaired) electrons. The van der Waals surface area contributed by atoms with Crippen molar-refractivity contribution in [3.8, 4) is 0 Å². The van der Waals surface area contributed by atoms with Gasteiger partial charge in [-0.15, -0.1) is 0 Å². The van der Waals surface area contributed by atoms with Crippen molar-refractivity contribution in [2.75, 3.05) is 6.61 Å². The predicted octanol–water partition coefficient (Wildman–Crippen LogP) is 2.17. The van der Waals surface area contributed by atoms with Crippen LogP contribution in [0.4, 0.5) is 10.5 Å². The second-order valence-electron chi connectivity index (χ2n) is 5.50. The van der Waals surface area contributed by atoms with Crippen LogP contribution in [0.25, 0.3) is 0 Å². The van der Waals surface area contributed by atoms with Crippen molar-refractivity contribution in [3.63, 3.8) is 0 Å². The third-order valence-corrected chi connectivity index (χ3v) is 3.89. The Morgan fingerprint density at radius 1 is 1.28 bits per heavy atom. The predicted molar refractivity (Wildman–Crippen MR) is 87.3 cm³/mol. The fraction of sp³-hybridized carbons (Fsp3) is 0.400. The number of nitro groups is 1. The largest absolute Gasteiger partial charge is 0.452 e. The van der Waals surface area contributed by atoms with Crippen LogP contribution >= 0.6 is 11.6 Å². The average Bonchev–Trinajstić information content (AvgIpc) is 3.05. The molecule has 0 atom stereocenters. The lowest BCUT2D eigenvalue weighted by atomic mass is 10.2. The number of carbonyl (C=O) groups excluding carboxylic acids is 3. The molecule has 25 heavy (non-hydrogen) atoms. The Balaban J connectivity index is 1.86. The minimum Gasteiger partial charge on any atom is -0.452 e. The normalized spacial score (nSPS) is 14.0. The van der Waals surface area contributed by atoms with Gasteiger partial charge in [0.2, 0.25) is 0 Å². The van der Waals surface area contributed by atoms with E-state index in [1.54, 1.807) is 0 Å². The van der Waals surface area contributed by atoms with Crippen molar-refractivity contribution >= 4 is 35.2 Å². The van der Waals surface area contributed by atoms with Gasteiger partial charge < -0.3 is 10.1 Å². The first-order valence-electron chi connectivity index (χ1n) is 7.58. The zero-order valence-electron chi connectivity index (χ0n) is 13.1. The van der Waals surface area contributed by atoms with Crippen LogP contribution in [-0.2, 0) is 9.53 Å². The molecule has 1 fully saturated rings. The number of imide groups is 1. The van der Waals surface area contributed by atoms with Gasteiger partial charge >= 0.3 is 12.0 Å². The van der Waals surface area contributed by atoms with Gasteiger partial charge in [0.25, 0.3) is 11.6 Å². The second kappa shape index (κ2) is 8.43. The average molecular weight is 370 g/mol. The lowest BCUT2D eigenvalue weighted by Crippen LogP contribution is -2.45. The second-order valence-corrected chi connectivity index (χ2v) is 5.93. The highest BCUT2D eigenvalue weighted by Crippen LogP contribution is 2.23. The Kier molecular flexibility index (Phi) is 6.29. The third-order valence-electron chi connectivity index (χ3n) is 3.65. The first-order chi connectivity index (χ1) is 11.9. The van der Waals surface area contributed by atoms with E-state index in [4.69, 9.17) is 16.3 Å². The molecule has 1 saturated carbocycles. The molecule has 3 amide bonds. The number of rotatable bonds is 5. The van der Waals surface area contributed by atoms with Crippen LogP contribution < -0.4 is 10.6 Å². The van der Waals surface area contributed by atoms with E-state index in [1.165, 1.54) is 6.07 Å². The van der Waals surface area contributed by atoms with Gasteiger partial charge in [-0.1, -0.05) is 24.4 Å². The number of benzene rings is 1. The van der Waals surface area contributed by atoms with E-state index >= 15 is 0 Å². The molecule has 2 N–H and O–H groups in total. The fourth-order valence-corrected chi connectivity index (χ4v) is 2.66. The number of nitrogens with one attached hydrogen (secondary N) is 2. The summed E-state index contributed by atoms with van der Waals surface area (Å²) in [6, 6.07) is 2.80. The molecule has 1 aliphatic carbocycles. The monoisotopic (exact) mass is 369 g/mol. The van der Waals surface area contributed by atoms with Gasteiger partial charge in [0.05, 0.1) is 4.92 Å². The summed E-state index contributed by atoms with van der Waals surface area (Å²) in [6.07, 6.45) is 3.76. The molecule has 1 aromatic rings. The molecule has 9 nitrogen and oxygen atoms in total. The fourth-order valence-electron chi connectivity index (χ4n) is 2.49. The van der Waals surface area contributed by atoms with Crippen LogP contribution in [0.1, 0.15) is 36.0 Å². The zero-order valence-corrected chi connectivity index (χ0v) is 13.9. The minimum absolute atomic E-state index is 0.0343. The molecule has 134 valence electrons. The Bertz CT molecular complexity index is 703. The molecule has 1 aromatic carbocycles. The van der Waals surface area contributed by atoms with Crippen LogP contribution in [0.2, 0.25) is 5.02 Å². The molecule has 0 spiro atoms. The SMILES string of the molecule is O=C(COC(=O)c1ccc(Cl)cc1[N+](=O)[O-])NC(=O)NC1CCCC1. The van der Waals surface area contributed by atoms with Gasteiger partial charge in [-0.3, -0.25) is 20.2 Å². The topological polar surface area (TPSA) is 128 Å². The van der Waals surface area contributed by atoms with Crippen molar-refractivity contribution in [1.82, 2.24) is 10.6 Å². The highest BCUT2D eigenvalue weighted by Gasteiger charge is 2.23. The number of nitro benzene ring substituents is 1. The Labute approximate surface area is 147 Å². The number of ether oxygens (including phenoxy) is 1. The standard InChI is InChI=1S/C15H16ClN3O6/c16-9-5-6-11(12(7-9)19(23)24)14(21)25-8-13(20)18-15(22)17-10-3-1-2-4-10/h5-7,10H,1-4,8H2,(H2,17,18,20,22). The molecule has 0 saturated heterocycles. The highest BCUT2D eigenvalue weighted by molar-refractivity contribution is 6.31. The van der Waals surface area contributed by atoms with Crippen molar-refractivity contribution in [2.24, 2.45) is 0 Å². The summed E-state index contributed by atoms with van der Waals surface area (Å²) in [7, 11) is 0. The molecule has 0 bridgehead atoms. The number of halogens is 1. The number of nitrogens with zero attached hydrogens (tertiary/aromatic N) is 1. The molecular weight excluding hydrogens is 354 g/mol. The van der Waals surface area contributed by atoms with E-state index < -0.39 is 35.1 Å². The summed E-state index contributed by atoms with van der Waals surface area (Å²) >= 11 is 5.66. The number of hydrogen-bond donors (Lipinski definition) is 2. The van der Waals surface area contributed by atoms with Crippen LogP contribution in [0.15, 0.2) is 18.2 Å². The first-order valence-corrected chi connectivity index (χ1v) is 7.96. The van der Waals surface area contributed by atoms with Crippen LogP contribution in [0.3, 0.4) is 0 Å². The molecule has 0 aromatic heterocycles. The summed E-state index contributed by atoms with van der Waals surface area (Å²) in [5.41, 5.74) is -0.866. The summed E-state index contributed by atoms with van der Waals surface area (Å²) in [5.74, 6) is -1.89. The van der Waals surface area contributed by atoms with Crippen molar-refractivity contribution in [1.29, 1.82) is 0 Å². The van der Waals surface area contributed by atoms with E-state index in [0.717, 1.165) is 37.8 Å². The maximum atomic E-state index is 11.9. The Morgan fingerprint density at radius 2 is 1.96 bits per heavy atom. The maximum absolute atomic E-state index is 11.9. The summed E-state index contributed by atoms with van der Waals surface area (Å²) < 4.78 is 4.71. The summed E-state index contributed by atoms with van der Waals surface area (Å²) in [4.78, 5) is 45.3. The number of urea groups is 1. The molecule has 0 unspecified atom stereocenters. The Morgan fingerprint density at radius 3 is 2.60 bits per heavy atom. The van der Waals surface area contributed by atoms with Gasteiger partial charge in [-0.2, -0.15) is 0 Å². The van der Waals surface area contributed by atoms with Gasteiger partial charge in [0, 0.05) is 17.1 Å². The van der Waals surface area contributed by atoms with Crippen LogP contribution in [-0.4, -0.2) is 35.5 Å². The van der Waals surface area contributed by atoms with Gasteiger partial charge in [0.1, 0.15) is 5.56 Å². The van der Waals surface area contributed by atoms with Crippen molar-refractivity contribution < 1.29 is 24.0 Å². The van der Waals surface area contributed by atoms with E-state index in [2.05, 4.69) is 5.32 Å². The van der Waals surface area contributed by atoms with E-state index in [0.29, 0.717) is 0 Å². The number of esters is 1. The molecule has 1 aliphatic rings. The molecule has 0 heterocycles. The smallest absolute Gasteiger partial charge is 0.345 e. The molecule has 10 heteroatoms. The zero-order chi connectivity index (χ0) is 18.4. The number of amides is 3. The van der Waals surface area contributed by atoms with E-state index in [9.17, 15) is 24.5 Å². The highest BCUT2D eigenvalue weighted by atomic mass is 35.5. The van der Waals surface area contributed by atoms with Gasteiger partial charge in [-0.25, -0.2) is 9.59 Å². The summed E-state index contributed by atoms with van der Waals surface area (Å²) in [6.45, 7) is -0.739. The van der Waals surface area contributed by atoms with Crippen molar-refractivity contribution in [3.05, 3.63) is 38.9 Å². The van der Waals surface area contributed by atoms with Crippen LogP contribution in [0.5, 0.6) is 0 Å². The van der Waals surface area contributed by atoms with E-state index in [-0.39, 0.29) is 16.6 Å². The van der Waals surface area contributed by atoms with Crippen molar-refractivity contribution in [2.45, 2.75) is 31.7 Å². The molecular formula is C15H16ClN3O6. The van der Waals surface area contributed by atoms with Gasteiger partial charge in [0.15, 0.2) is 6.61 Å². The third kappa shape index (κ3) is 5.42. The molecule has 2 rings (SSSR count). The maximum Gasteiger partial charge on any atom is 0.345 e. The van der Waals surface area contributed by atoms with Crippen LogP contribution in [0, 0.1) is 10.1 Å². The minimum atomic E-state index is -1.06. The summed E-state index contributed by atoms with van der Waals surface area (Å²) in [5, 5.41) is 15.7. The first kappa shape index (κ1) is 18.7. The quantitative estimate of drug-likeness (QED) is 0.465. The van der Waals surface area contributed by atoms with E-state index in [1.807, 2.05) is 5.32 Å². The number of carbonyl (C=O) groups is 3. The Hall–Kier alpha value is -2.68. The van der Waals surface area contributed by atoms with Gasteiger partial charge in [-0.05, 0) is 25.0 Å². The number of hydrogen-bond acceptors (Lipinski definition) is 6. The lowest BCUT2D eigenvalue weighted by molar-refractivity contribution is -0.385.